The third-order valence-electron chi connectivity index (χ3n) is 3.04. The van der Waals surface area contributed by atoms with Gasteiger partial charge in [0.15, 0.2) is 0 Å². The van der Waals surface area contributed by atoms with E-state index in [9.17, 15) is 9.59 Å². The first kappa shape index (κ1) is 14.3. The van der Waals surface area contributed by atoms with Crippen molar-refractivity contribution in [3.05, 3.63) is 23.9 Å². The van der Waals surface area contributed by atoms with Gasteiger partial charge in [0.1, 0.15) is 11.9 Å². The molecular weight excluding hydrogens is 256 g/mol. The number of hydrogen-bond donors (Lipinski definition) is 3. The Morgan fingerprint density at radius 2 is 2.20 bits per heavy atom. The SMILES string of the molecule is CCNc1cc(C(=O)NC(C)C(=O)NC2CC2)ccn1. The van der Waals surface area contributed by atoms with Crippen molar-refractivity contribution < 1.29 is 9.59 Å². The molecule has 1 aromatic heterocycles. The zero-order valence-electron chi connectivity index (χ0n) is 11.8. The second-order valence-corrected chi connectivity index (χ2v) is 4.94. The van der Waals surface area contributed by atoms with Crippen LogP contribution in [0.4, 0.5) is 5.82 Å². The summed E-state index contributed by atoms with van der Waals surface area (Å²) < 4.78 is 0. The second kappa shape index (κ2) is 6.36. The highest BCUT2D eigenvalue weighted by molar-refractivity contribution is 5.97. The van der Waals surface area contributed by atoms with E-state index in [1.54, 1.807) is 25.3 Å². The molecule has 0 aromatic carbocycles. The van der Waals surface area contributed by atoms with Crippen molar-refractivity contribution in [2.75, 3.05) is 11.9 Å². The molecule has 0 saturated heterocycles. The molecule has 108 valence electrons. The van der Waals surface area contributed by atoms with E-state index in [4.69, 9.17) is 0 Å². The van der Waals surface area contributed by atoms with E-state index >= 15 is 0 Å². The van der Waals surface area contributed by atoms with Crippen LogP contribution in [-0.4, -0.2) is 35.4 Å². The van der Waals surface area contributed by atoms with E-state index in [0.717, 1.165) is 19.4 Å². The molecule has 20 heavy (non-hydrogen) atoms. The van der Waals surface area contributed by atoms with Crippen LogP contribution in [0.15, 0.2) is 18.3 Å². The highest BCUT2D eigenvalue weighted by Crippen LogP contribution is 2.18. The van der Waals surface area contributed by atoms with E-state index in [-0.39, 0.29) is 11.8 Å². The molecule has 2 rings (SSSR count). The molecule has 1 unspecified atom stereocenters. The van der Waals surface area contributed by atoms with Crippen LogP contribution >= 0.6 is 0 Å². The first-order chi connectivity index (χ1) is 9.60. The van der Waals surface area contributed by atoms with E-state index in [1.807, 2.05) is 6.92 Å². The monoisotopic (exact) mass is 276 g/mol. The van der Waals surface area contributed by atoms with Crippen LogP contribution in [0.3, 0.4) is 0 Å². The summed E-state index contributed by atoms with van der Waals surface area (Å²) >= 11 is 0. The number of nitrogens with zero attached hydrogens (tertiary/aromatic N) is 1. The van der Waals surface area contributed by atoms with E-state index in [2.05, 4.69) is 20.9 Å². The fourth-order valence-corrected chi connectivity index (χ4v) is 1.75. The predicted molar refractivity (Wildman–Crippen MR) is 76.5 cm³/mol. The largest absolute Gasteiger partial charge is 0.370 e. The summed E-state index contributed by atoms with van der Waals surface area (Å²) in [6.45, 7) is 4.37. The molecule has 2 amide bonds. The summed E-state index contributed by atoms with van der Waals surface area (Å²) in [6, 6.07) is 3.05. The summed E-state index contributed by atoms with van der Waals surface area (Å²) in [6.07, 6.45) is 3.63. The second-order valence-electron chi connectivity index (χ2n) is 4.94. The van der Waals surface area contributed by atoms with Crippen molar-refractivity contribution in [1.82, 2.24) is 15.6 Å². The van der Waals surface area contributed by atoms with E-state index in [1.165, 1.54) is 0 Å². The zero-order chi connectivity index (χ0) is 14.5. The van der Waals surface area contributed by atoms with Crippen molar-refractivity contribution >= 4 is 17.6 Å². The lowest BCUT2D eigenvalue weighted by Gasteiger charge is -2.14. The fraction of sp³-hybridized carbons (Fsp3) is 0.500. The van der Waals surface area contributed by atoms with Gasteiger partial charge in [-0.2, -0.15) is 0 Å². The van der Waals surface area contributed by atoms with Gasteiger partial charge in [-0.25, -0.2) is 4.98 Å². The van der Waals surface area contributed by atoms with Gasteiger partial charge in [-0.15, -0.1) is 0 Å². The van der Waals surface area contributed by atoms with Gasteiger partial charge in [0.05, 0.1) is 0 Å². The summed E-state index contributed by atoms with van der Waals surface area (Å²) in [7, 11) is 0. The average Bonchev–Trinajstić information content (AvgIpc) is 3.23. The smallest absolute Gasteiger partial charge is 0.252 e. The third-order valence-corrected chi connectivity index (χ3v) is 3.04. The topological polar surface area (TPSA) is 83.1 Å². The van der Waals surface area contributed by atoms with Crippen LogP contribution in [0.1, 0.15) is 37.0 Å². The quantitative estimate of drug-likeness (QED) is 0.721. The van der Waals surface area contributed by atoms with Crippen molar-refractivity contribution in [2.24, 2.45) is 0 Å². The van der Waals surface area contributed by atoms with Crippen LogP contribution in [0.5, 0.6) is 0 Å². The normalized spacial score (nSPS) is 15.3. The lowest BCUT2D eigenvalue weighted by atomic mass is 10.2. The Kier molecular flexibility index (Phi) is 4.55. The van der Waals surface area contributed by atoms with Gasteiger partial charge in [-0.05, 0) is 38.8 Å². The highest BCUT2D eigenvalue weighted by Gasteiger charge is 2.26. The third kappa shape index (κ3) is 3.94. The zero-order valence-corrected chi connectivity index (χ0v) is 11.8. The number of amides is 2. The number of anilines is 1. The van der Waals surface area contributed by atoms with Crippen molar-refractivity contribution in [3.63, 3.8) is 0 Å². The minimum Gasteiger partial charge on any atom is -0.370 e. The number of aromatic nitrogens is 1. The number of nitrogens with one attached hydrogen (secondary N) is 3. The predicted octanol–water partition coefficient (Wildman–Crippen LogP) is 0.910. The molecule has 0 aliphatic heterocycles. The fourth-order valence-electron chi connectivity index (χ4n) is 1.75. The van der Waals surface area contributed by atoms with E-state index < -0.39 is 6.04 Å². The highest BCUT2D eigenvalue weighted by atomic mass is 16.2. The molecule has 3 N–H and O–H groups in total. The Labute approximate surface area is 118 Å². The molecule has 1 fully saturated rings. The van der Waals surface area contributed by atoms with Crippen LogP contribution in [-0.2, 0) is 4.79 Å². The van der Waals surface area contributed by atoms with Gasteiger partial charge in [-0.1, -0.05) is 0 Å². The molecular formula is C14H20N4O2. The van der Waals surface area contributed by atoms with Gasteiger partial charge < -0.3 is 16.0 Å². The molecule has 0 spiro atoms. The lowest BCUT2D eigenvalue weighted by Crippen LogP contribution is -2.45. The Bertz CT molecular complexity index is 500. The molecule has 1 atom stereocenters. The number of carbonyl (C=O) groups is 2. The van der Waals surface area contributed by atoms with E-state index in [0.29, 0.717) is 17.4 Å². The van der Waals surface area contributed by atoms with Crippen LogP contribution in [0.2, 0.25) is 0 Å². The Balaban J connectivity index is 1.92. The summed E-state index contributed by atoms with van der Waals surface area (Å²) in [5.74, 6) is 0.238. The Hall–Kier alpha value is -2.11. The first-order valence-electron chi connectivity index (χ1n) is 6.91. The molecule has 1 aliphatic carbocycles. The Morgan fingerprint density at radius 1 is 1.45 bits per heavy atom. The summed E-state index contributed by atoms with van der Waals surface area (Å²) in [5, 5.41) is 8.60. The van der Waals surface area contributed by atoms with Crippen molar-refractivity contribution in [1.29, 1.82) is 0 Å². The maximum Gasteiger partial charge on any atom is 0.252 e. The summed E-state index contributed by atoms with van der Waals surface area (Å²) in [5.41, 5.74) is 0.488. The van der Waals surface area contributed by atoms with Crippen molar-refractivity contribution in [3.8, 4) is 0 Å². The lowest BCUT2D eigenvalue weighted by molar-refractivity contribution is -0.122. The standard InChI is InChI=1S/C14H20N4O2/c1-3-15-12-8-10(6-7-16-12)14(20)17-9(2)13(19)18-11-4-5-11/h6-9,11H,3-5H2,1-2H3,(H,15,16)(H,17,20)(H,18,19). The minimum absolute atomic E-state index is 0.137. The van der Waals surface area contributed by atoms with Crippen LogP contribution in [0, 0.1) is 0 Å². The van der Waals surface area contributed by atoms with Gasteiger partial charge in [-0.3, -0.25) is 9.59 Å². The van der Waals surface area contributed by atoms with Gasteiger partial charge >= 0.3 is 0 Å². The molecule has 1 aliphatic rings. The number of pyridine rings is 1. The number of hydrogen-bond acceptors (Lipinski definition) is 4. The maximum absolute atomic E-state index is 12.1. The molecule has 6 heteroatoms. The number of carbonyl (C=O) groups excluding carboxylic acids is 2. The molecule has 1 heterocycles. The van der Waals surface area contributed by atoms with Crippen molar-refractivity contribution in [2.45, 2.75) is 38.8 Å². The molecule has 1 saturated carbocycles. The first-order valence-corrected chi connectivity index (χ1v) is 6.91. The Morgan fingerprint density at radius 3 is 2.85 bits per heavy atom. The maximum atomic E-state index is 12.1. The van der Waals surface area contributed by atoms with Crippen LogP contribution in [0.25, 0.3) is 0 Å². The number of rotatable bonds is 6. The van der Waals surface area contributed by atoms with Gasteiger partial charge in [0.25, 0.3) is 5.91 Å². The van der Waals surface area contributed by atoms with Gasteiger partial charge in [0, 0.05) is 24.3 Å². The molecule has 6 nitrogen and oxygen atoms in total. The molecule has 1 aromatic rings. The van der Waals surface area contributed by atoms with Crippen LogP contribution < -0.4 is 16.0 Å². The molecule has 0 radical (unpaired) electrons. The minimum atomic E-state index is -0.543. The molecule has 0 bridgehead atoms. The average molecular weight is 276 g/mol. The van der Waals surface area contributed by atoms with Gasteiger partial charge in [0.2, 0.25) is 5.91 Å². The summed E-state index contributed by atoms with van der Waals surface area (Å²) in [4.78, 5) is 28.0.